The number of rotatable bonds is 7. The molecule has 1 aliphatic heterocycles. The molecule has 1 fully saturated rings. The van der Waals surface area contributed by atoms with Gasteiger partial charge in [0.15, 0.2) is 0 Å². The van der Waals surface area contributed by atoms with E-state index in [1.165, 1.54) is 11.8 Å². The van der Waals surface area contributed by atoms with E-state index in [9.17, 15) is 4.79 Å². The van der Waals surface area contributed by atoms with Crippen LogP contribution in [0.4, 0.5) is 0 Å². The minimum Gasteiger partial charge on any atom is -0.497 e. The van der Waals surface area contributed by atoms with E-state index in [0.29, 0.717) is 35.5 Å². The smallest absolute Gasteiger partial charge is 0.252 e. The molecule has 0 radical (unpaired) electrons. The van der Waals surface area contributed by atoms with Gasteiger partial charge in [0, 0.05) is 18.8 Å². The molecule has 0 spiro atoms. The number of carbonyl (C=O) groups excluding carboxylic acids is 1. The summed E-state index contributed by atoms with van der Waals surface area (Å²) in [5.41, 5.74) is 1.67. The lowest BCUT2D eigenvalue weighted by Crippen LogP contribution is -2.41. The fraction of sp³-hybridized carbons (Fsp3) is 0.455. The number of hydrogen-bond acceptors (Lipinski definition) is 5. The van der Waals surface area contributed by atoms with E-state index in [4.69, 9.17) is 21.1 Å². The first kappa shape index (κ1) is 21.4. The molecule has 0 saturated carbocycles. The molecule has 156 valence electrons. The SMILES string of the molecule is CCOc1ncc(C(=O)NCC2CCCN(C)C2c2ccc(OC)cc2)cc1Cl. The Kier molecular flexibility index (Phi) is 7.34. The normalized spacial score (nSPS) is 19.6. The number of nitrogens with one attached hydrogen (secondary N) is 1. The van der Waals surface area contributed by atoms with Gasteiger partial charge in [-0.3, -0.25) is 9.69 Å². The van der Waals surface area contributed by atoms with Crippen molar-refractivity contribution in [2.75, 3.05) is 33.9 Å². The van der Waals surface area contributed by atoms with Crippen LogP contribution < -0.4 is 14.8 Å². The second-order valence-corrected chi connectivity index (χ2v) is 7.66. The second kappa shape index (κ2) is 9.94. The summed E-state index contributed by atoms with van der Waals surface area (Å²) in [5, 5.41) is 3.40. The summed E-state index contributed by atoms with van der Waals surface area (Å²) in [4.78, 5) is 19.1. The van der Waals surface area contributed by atoms with Crippen molar-refractivity contribution in [3.05, 3.63) is 52.7 Å². The summed E-state index contributed by atoms with van der Waals surface area (Å²) in [5.74, 6) is 1.33. The number of piperidine rings is 1. The minimum atomic E-state index is -0.177. The quantitative estimate of drug-likeness (QED) is 0.738. The first-order valence-corrected chi connectivity index (χ1v) is 10.3. The second-order valence-electron chi connectivity index (χ2n) is 7.25. The Morgan fingerprint density at radius 3 is 2.76 bits per heavy atom. The predicted molar refractivity (Wildman–Crippen MR) is 114 cm³/mol. The summed E-state index contributed by atoms with van der Waals surface area (Å²) >= 11 is 6.16. The van der Waals surface area contributed by atoms with Crippen molar-refractivity contribution in [2.45, 2.75) is 25.8 Å². The fourth-order valence-electron chi connectivity index (χ4n) is 3.92. The first-order valence-electron chi connectivity index (χ1n) is 9.94. The van der Waals surface area contributed by atoms with Gasteiger partial charge in [-0.25, -0.2) is 4.98 Å². The van der Waals surface area contributed by atoms with Crippen LogP contribution in [0.5, 0.6) is 11.6 Å². The molecule has 3 rings (SSSR count). The van der Waals surface area contributed by atoms with Gasteiger partial charge in [0.25, 0.3) is 5.91 Å². The number of carbonyl (C=O) groups is 1. The molecule has 1 N–H and O–H groups in total. The van der Waals surface area contributed by atoms with Crippen molar-refractivity contribution < 1.29 is 14.3 Å². The molecule has 2 aromatic rings. The number of hydrogen-bond donors (Lipinski definition) is 1. The van der Waals surface area contributed by atoms with E-state index in [2.05, 4.69) is 34.4 Å². The number of halogens is 1. The molecule has 1 aliphatic rings. The average Bonchev–Trinajstić information content (AvgIpc) is 2.73. The van der Waals surface area contributed by atoms with Crippen LogP contribution in [0.2, 0.25) is 5.02 Å². The Balaban J connectivity index is 1.68. The van der Waals surface area contributed by atoms with Crippen LogP contribution in [0.15, 0.2) is 36.5 Å². The largest absolute Gasteiger partial charge is 0.497 e. The summed E-state index contributed by atoms with van der Waals surface area (Å²) in [6.45, 7) is 3.96. The van der Waals surface area contributed by atoms with Crippen LogP contribution >= 0.6 is 11.6 Å². The first-order chi connectivity index (χ1) is 14.0. The molecule has 6 nitrogen and oxygen atoms in total. The minimum absolute atomic E-state index is 0.177. The van der Waals surface area contributed by atoms with Crippen molar-refractivity contribution in [2.24, 2.45) is 5.92 Å². The molecular weight excluding hydrogens is 390 g/mol. The van der Waals surface area contributed by atoms with Gasteiger partial charge >= 0.3 is 0 Å². The van der Waals surface area contributed by atoms with Crippen molar-refractivity contribution in [1.82, 2.24) is 15.2 Å². The zero-order valence-electron chi connectivity index (χ0n) is 17.2. The van der Waals surface area contributed by atoms with Crippen LogP contribution in [-0.2, 0) is 0 Å². The maximum Gasteiger partial charge on any atom is 0.252 e. The molecular formula is C22H28ClN3O3. The van der Waals surface area contributed by atoms with Gasteiger partial charge in [-0.05, 0) is 63.0 Å². The van der Waals surface area contributed by atoms with Crippen LogP contribution in [-0.4, -0.2) is 49.6 Å². The summed E-state index contributed by atoms with van der Waals surface area (Å²) in [6, 6.07) is 10.0. The Hall–Kier alpha value is -2.31. The number of nitrogens with zero attached hydrogens (tertiary/aromatic N) is 2. The van der Waals surface area contributed by atoms with Gasteiger partial charge in [0.05, 0.1) is 19.3 Å². The number of likely N-dealkylation sites (tertiary alicyclic amines) is 1. The fourth-order valence-corrected chi connectivity index (χ4v) is 4.14. The molecule has 2 unspecified atom stereocenters. The van der Waals surface area contributed by atoms with Gasteiger partial charge in [-0.15, -0.1) is 0 Å². The highest BCUT2D eigenvalue weighted by Crippen LogP contribution is 2.35. The molecule has 2 heterocycles. The highest BCUT2D eigenvalue weighted by Gasteiger charge is 2.30. The Labute approximate surface area is 177 Å². The van der Waals surface area contributed by atoms with E-state index in [-0.39, 0.29) is 11.9 Å². The maximum atomic E-state index is 12.6. The summed E-state index contributed by atoms with van der Waals surface area (Å²) in [6.07, 6.45) is 3.67. The van der Waals surface area contributed by atoms with Crippen LogP contribution in [0.25, 0.3) is 0 Å². The topological polar surface area (TPSA) is 63.7 Å². The van der Waals surface area contributed by atoms with Gasteiger partial charge in [0.2, 0.25) is 5.88 Å². The number of methoxy groups -OCH3 is 1. The average molecular weight is 418 g/mol. The molecule has 7 heteroatoms. The van der Waals surface area contributed by atoms with E-state index < -0.39 is 0 Å². The third-order valence-electron chi connectivity index (χ3n) is 5.34. The summed E-state index contributed by atoms with van der Waals surface area (Å²) < 4.78 is 10.6. The molecule has 29 heavy (non-hydrogen) atoms. The molecule has 1 saturated heterocycles. The third kappa shape index (κ3) is 5.19. The van der Waals surface area contributed by atoms with Gasteiger partial charge in [-0.2, -0.15) is 0 Å². The maximum absolute atomic E-state index is 12.6. The Morgan fingerprint density at radius 2 is 2.10 bits per heavy atom. The highest BCUT2D eigenvalue weighted by atomic mass is 35.5. The zero-order valence-corrected chi connectivity index (χ0v) is 17.9. The predicted octanol–water partition coefficient (Wildman–Crippen LogP) is 3.96. The van der Waals surface area contributed by atoms with E-state index in [1.54, 1.807) is 13.2 Å². The van der Waals surface area contributed by atoms with Crippen LogP contribution in [0, 0.1) is 5.92 Å². The number of benzene rings is 1. The Bertz CT molecular complexity index is 829. The number of ether oxygens (including phenoxy) is 2. The summed E-state index contributed by atoms with van der Waals surface area (Å²) in [7, 11) is 3.81. The van der Waals surface area contributed by atoms with Gasteiger partial charge < -0.3 is 14.8 Å². The number of aromatic nitrogens is 1. The van der Waals surface area contributed by atoms with E-state index in [1.807, 2.05) is 19.1 Å². The highest BCUT2D eigenvalue weighted by molar-refractivity contribution is 6.32. The standard InChI is InChI=1S/C22H28ClN3O3/c1-4-29-22-19(23)12-17(14-25-22)21(27)24-13-16-6-5-11-26(2)20(16)15-7-9-18(28-3)10-8-15/h7-10,12,14,16,20H,4-6,11,13H2,1-3H3,(H,24,27). The Morgan fingerprint density at radius 1 is 1.34 bits per heavy atom. The molecule has 0 aliphatic carbocycles. The molecule has 2 atom stereocenters. The molecule has 1 aromatic heterocycles. The lowest BCUT2D eigenvalue weighted by atomic mass is 9.85. The van der Waals surface area contributed by atoms with Crippen LogP contribution in [0.1, 0.15) is 41.7 Å². The van der Waals surface area contributed by atoms with Gasteiger partial charge in [0.1, 0.15) is 10.8 Å². The van der Waals surface area contributed by atoms with Crippen LogP contribution in [0.3, 0.4) is 0 Å². The lowest BCUT2D eigenvalue weighted by molar-refractivity contribution is 0.0891. The van der Waals surface area contributed by atoms with Crippen molar-refractivity contribution in [3.63, 3.8) is 0 Å². The van der Waals surface area contributed by atoms with E-state index >= 15 is 0 Å². The van der Waals surface area contributed by atoms with Crippen molar-refractivity contribution in [1.29, 1.82) is 0 Å². The number of pyridine rings is 1. The van der Waals surface area contributed by atoms with Crippen molar-refractivity contribution >= 4 is 17.5 Å². The number of amides is 1. The van der Waals surface area contributed by atoms with E-state index in [0.717, 1.165) is 25.1 Å². The van der Waals surface area contributed by atoms with Crippen molar-refractivity contribution in [3.8, 4) is 11.6 Å². The zero-order chi connectivity index (χ0) is 20.8. The molecule has 1 aromatic carbocycles. The van der Waals surface area contributed by atoms with Gasteiger partial charge in [-0.1, -0.05) is 23.7 Å². The molecule has 0 bridgehead atoms. The monoisotopic (exact) mass is 417 g/mol. The molecule has 1 amide bonds. The third-order valence-corrected chi connectivity index (χ3v) is 5.61. The lowest BCUT2D eigenvalue weighted by Gasteiger charge is -2.39.